The van der Waals surface area contributed by atoms with Crippen LogP contribution in [0.25, 0.3) is 11.1 Å². The van der Waals surface area contributed by atoms with Gasteiger partial charge in [-0.25, -0.2) is 0 Å². The van der Waals surface area contributed by atoms with Crippen molar-refractivity contribution in [1.29, 1.82) is 0 Å². The summed E-state index contributed by atoms with van der Waals surface area (Å²) in [4.78, 5) is 2.49. The van der Waals surface area contributed by atoms with Crippen LogP contribution in [0.1, 0.15) is 19.4 Å². The molecule has 1 heterocycles. The molecule has 0 amide bonds. The Bertz CT molecular complexity index is 619. The van der Waals surface area contributed by atoms with Crippen molar-refractivity contribution in [1.82, 2.24) is 10.2 Å². The molecule has 1 fully saturated rings. The van der Waals surface area contributed by atoms with Gasteiger partial charge >= 0.3 is 0 Å². The molecule has 3 rings (SSSR count). The van der Waals surface area contributed by atoms with E-state index in [0.717, 1.165) is 32.7 Å². The summed E-state index contributed by atoms with van der Waals surface area (Å²) in [6.07, 6.45) is 0.688. The van der Waals surface area contributed by atoms with Crippen molar-refractivity contribution in [2.75, 3.05) is 26.2 Å². The lowest BCUT2D eigenvalue weighted by Gasteiger charge is -2.35. The molecule has 1 aliphatic heterocycles. The predicted molar refractivity (Wildman–Crippen MR) is 100 cm³/mol. The molecule has 2 aromatic rings. The molecule has 2 aromatic carbocycles. The number of nitrogens with zero attached hydrogens (tertiary/aromatic N) is 1. The number of ether oxygens (including phenoxy) is 1. The molecule has 0 aromatic heterocycles. The van der Waals surface area contributed by atoms with Crippen molar-refractivity contribution in [3.05, 3.63) is 60.2 Å². The molecule has 0 radical (unpaired) electrons. The van der Waals surface area contributed by atoms with Crippen LogP contribution in [-0.2, 0) is 11.3 Å². The quantitative estimate of drug-likeness (QED) is 0.823. The van der Waals surface area contributed by atoms with E-state index in [0.29, 0.717) is 12.2 Å². The van der Waals surface area contributed by atoms with E-state index in [4.69, 9.17) is 4.74 Å². The van der Waals surface area contributed by atoms with Crippen LogP contribution in [0.15, 0.2) is 54.6 Å². The number of rotatable bonds is 6. The van der Waals surface area contributed by atoms with Crippen LogP contribution in [-0.4, -0.2) is 43.3 Å². The van der Waals surface area contributed by atoms with Gasteiger partial charge < -0.3 is 10.1 Å². The fraction of sp³-hybridized carbons (Fsp3) is 0.429. The van der Waals surface area contributed by atoms with Crippen molar-refractivity contribution in [2.45, 2.75) is 32.6 Å². The molecule has 0 saturated carbocycles. The Balaban J connectivity index is 1.47. The molecule has 0 aliphatic carbocycles. The van der Waals surface area contributed by atoms with Gasteiger partial charge in [0.25, 0.3) is 0 Å². The SMILES string of the molecule is CC1CN(CCNCc2cccc(-c3ccccc3)c2)CC(C)O1. The summed E-state index contributed by atoms with van der Waals surface area (Å²) >= 11 is 0. The van der Waals surface area contributed by atoms with Crippen molar-refractivity contribution in [3.63, 3.8) is 0 Å². The molecule has 1 N–H and O–H groups in total. The summed E-state index contributed by atoms with van der Waals surface area (Å²) in [6.45, 7) is 9.39. The van der Waals surface area contributed by atoms with E-state index in [-0.39, 0.29) is 0 Å². The molecule has 3 heteroatoms. The van der Waals surface area contributed by atoms with Gasteiger partial charge in [-0.2, -0.15) is 0 Å². The third kappa shape index (κ3) is 4.91. The molecule has 0 spiro atoms. The van der Waals surface area contributed by atoms with Gasteiger partial charge in [0, 0.05) is 32.7 Å². The van der Waals surface area contributed by atoms with Gasteiger partial charge in [0.1, 0.15) is 0 Å². The topological polar surface area (TPSA) is 24.5 Å². The zero-order chi connectivity index (χ0) is 16.8. The highest BCUT2D eigenvalue weighted by Gasteiger charge is 2.21. The summed E-state index contributed by atoms with van der Waals surface area (Å²) in [5.41, 5.74) is 3.89. The van der Waals surface area contributed by atoms with Crippen LogP contribution < -0.4 is 5.32 Å². The molecular weight excluding hydrogens is 296 g/mol. The molecule has 0 bridgehead atoms. The largest absolute Gasteiger partial charge is 0.373 e. The lowest BCUT2D eigenvalue weighted by Crippen LogP contribution is -2.47. The highest BCUT2D eigenvalue weighted by Crippen LogP contribution is 2.19. The third-order valence-electron chi connectivity index (χ3n) is 4.46. The van der Waals surface area contributed by atoms with E-state index in [1.54, 1.807) is 0 Å². The van der Waals surface area contributed by atoms with E-state index in [1.165, 1.54) is 16.7 Å². The molecule has 1 aliphatic rings. The van der Waals surface area contributed by atoms with E-state index >= 15 is 0 Å². The maximum atomic E-state index is 5.79. The molecule has 1 saturated heterocycles. The Morgan fingerprint density at radius 2 is 1.67 bits per heavy atom. The summed E-state index contributed by atoms with van der Waals surface area (Å²) in [5.74, 6) is 0. The number of nitrogens with one attached hydrogen (secondary N) is 1. The fourth-order valence-electron chi connectivity index (χ4n) is 3.43. The first-order valence-corrected chi connectivity index (χ1v) is 8.93. The average Bonchev–Trinajstić information content (AvgIpc) is 2.59. The molecular formula is C21H28N2O. The van der Waals surface area contributed by atoms with Crippen molar-refractivity contribution >= 4 is 0 Å². The van der Waals surface area contributed by atoms with Crippen molar-refractivity contribution in [3.8, 4) is 11.1 Å². The first kappa shape index (κ1) is 17.2. The minimum atomic E-state index is 0.344. The van der Waals surface area contributed by atoms with Crippen LogP contribution in [0.4, 0.5) is 0 Å². The van der Waals surface area contributed by atoms with Gasteiger partial charge in [-0.15, -0.1) is 0 Å². The third-order valence-corrected chi connectivity index (χ3v) is 4.46. The average molecular weight is 324 g/mol. The number of benzene rings is 2. The maximum Gasteiger partial charge on any atom is 0.0678 e. The summed E-state index contributed by atoms with van der Waals surface area (Å²) in [6, 6.07) is 19.3. The highest BCUT2D eigenvalue weighted by atomic mass is 16.5. The van der Waals surface area contributed by atoms with Gasteiger partial charge in [-0.05, 0) is 36.6 Å². The Morgan fingerprint density at radius 1 is 0.958 bits per heavy atom. The summed E-state index contributed by atoms with van der Waals surface area (Å²) in [5, 5.41) is 3.57. The smallest absolute Gasteiger partial charge is 0.0678 e. The van der Waals surface area contributed by atoms with Crippen LogP contribution in [0.2, 0.25) is 0 Å². The zero-order valence-corrected chi connectivity index (χ0v) is 14.7. The normalized spacial score (nSPS) is 21.8. The second-order valence-corrected chi connectivity index (χ2v) is 6.76. The van der Waals surface area contributed by atoms with E-state index in [9.17, 15) is 0 Å². The number of morpholine rings is 1. The lowest BCUT2D eigenvalue weighted by molar-refractivity contribution is -0.0674. The summed E-state index contributed by atoms with van der Waals surface area (Å²) in [7, 11) is 0. The first-order chi connectivity index (χ1) is 11.7. The van der Waals surface area contributed by atoms with E-state index in [2.05, 4.69) is 78.7 Å². The maximum absolute atomic E-state index is 5.79. The van der Waals surface area contributed by atoms with Gasteiger partial charge in [-0.3, -0.25) is 4.90 Å². The predicted octanol–water partition coefficient (Wildman–Crippen LogP) is 3.55. The van der Waals surface area contributed by atoms with E-state index < -0.39 is 0 Å². The molecule has 2 unspecified atom stereocenters. The molecule has 24 heavy (non-hydrogen) atoms. The second kappa shape index (κ2) is 8.43. The Hall–Kier alpha value is -1.68. The van der Waals surface area contributed by atoms with Crippen molar-refractivity contribution in [2.24, 2.45) is 0 Å². The number of hydrogen-bond donors (Lipinski definition) is 1. The monoisotopic (exact) mass is 324 g/mol. The zero-order valence-electron chi connectivity index (χ0n) is 14.7. The van der Waals surface area contributed by atoms with Crippen LogP contribution >= 0.6 is 0 Å². The summed E-state index contributed by atoms with van der Waals surface area (Å²) < 4.78 is 5.79. The van der Waals surface area contributed by atoms with Gasteiger partial charge in [0.2, 0.25) is 0 Å². The van der Waals surface area contributed by atoms with Crippen LogP contribution in [0.5, 0.6) is 0 Å². The first-order valence-electron chi connectivity index (χ1n) is 8.93. The number of hydrogen-bond acceptors (Lipinski definition) is 3. The molecule has 128 valence electrons. The van der Waals surface area contributed by atoms with Gasteiger partial charge in [0.05, 0.1) is 12.2 Å². The highest BCUT2D eigenvalue weighted by molar-refractivity contribution is 5.63. The molecule has 2 atom stereocenters. The van der Waals surface area contributed by atoms with Gasteiger partial charge in [0.15, 0.2) is 0 Å². The van der Waals surface area contributed by atoms with Crippen molar-refractivity contribution < 1.29 is 4.74 Å². The standard InChI is InChI=1S/C21H28N2O/c1-17-15-23(16-18(2)24-17)12-11-22-14-19-7-6-10-21(13-19)20-8-4-3-5-9-20/h3-10,13,17-18,22H,11-12,14-16H2,1-2H3. The van der Waals surface area contributed by atoms with Crippen LogP contribution in [0, 0.1) is 0 Å². The minimum Gasteiger partial charge on any atom is -0.373 e. The Labute approximate surface area is 145 Å². The lowest BCUT2D eigenvalue weighted by atomic mass is 10.0. The van der Waals surface area contributed by atoms with Crippen LogP contribution in [0.3, 0.4) is 0 Å². The second-order valence-electron chi connectivity index (χ2n) is 6.76. The molecule has 3 nitrogen and oxygen atoms in total. The van der Waals surface area contributed by atoms with E-state index in [1.807, 2.05) is 0 Å². The Kier molecular flexibility index (Phi) is 6.02. The minimum absolute atomic E-state index is 0.344. The van der Waals surface area contributed by atoms with Gasteiger partial charge in [-0.1, -0.05) is 48.5 Å². The fourth-order valence-corrected chi connectivity index (χ4v) is 3.43. The Morgan fingerprint density at radius 3 is 2.42 bits per heavy atom.